The second kappa shape index (κ2) is 10.5. The lowest BCUT2D eigenvalue weighted by molar-refractivity contribution is -0.131. The van der Waals surface area contributed by atoms with Gasteiger partial charge in [-0.15, -0.1) is 0 Å². The SMILES string of the molecule is Cc1ccc(NC(=O)O[C@H](c2ccccc2OCCO)C(C)(C)/C=C/C(=O)O)cc1. The molecule has 0 unspecified atom stereocenters. The highest BCUT2D eigenvalue weighted by atomic mass is 16.6. The minimum absolute atomic E-state index is 0.0741. The predicted octanol–water partition coefficient (Wildman–Crippen LogP) is 4.32. The monoisotopic (exact) mass is 413 g/mol. The van der Waals surface area contributed by atoms with Gasteiger partial charge in [0.2, 0.25) is 0 Å². The smallest absolute Gasteiger partial charge is 0.412 e. The van der Waals surface area contributed by atoms with E-state index < -0.39 is 23.6 Å². The number of aryl methyl sites for hydroxylation is 1. The number of rotatable bonds is 9. The molecule has 0 fully saturated rings. The molecule has 0 radical (unpaired) electrons. The van der Waals surface area contributed by atoms with E-state index in [1.807, 2.05) is 19.1 Å². The number of carbonyl (C=O) groups is 2. The topological polar surface area (TPSA) is 105 Å². The van der Waals surface area contributed by atoms with E-state index in [0.29, 0.717) is 17.0 Å². The maximum absolute atomic E-state index is 12.6. The number of anilines is 1. The van der Waals surface area contributed by atoms with Crippen LogP contribution in [0.25, 0.3) is 0 Å². The van der Waals surface area contributed by atoms with Crippen molar-refractivity contribution in [1.29, 1.82) is 0 Å². The van der Waals surface area contributed by atoms with Crippen LogP contribution in [0.3, 0.4) is 0 Å². The Morgan fingerprint density at radius 1 is 1.13 bits per heavy atom. The number of para-hydroxylation sites is 1. The zero-order chi connectivity index (χ0) is 22.1. The number of nitrogens with one attached hydrogen (secondary N) is 1. The van der Waals surface area contributed by atoms with Crippen LogP contribution in [0, 0.1) is 12.3 Å². The molecular formula is C23H27NO6. The molecule has 1 amide bonds. The van der Waals surface area contributed by atoms with Crippen LogP contribution < -0.4 is 10.1 Å². The molecule has 7 nitrogen and oxygen atoms in total. The first-order valence-electron chi connectivity index (χ1n) is 9.52. The van der Waals surface area contributed by atoms with Crippen LogP contribution in [-0.4, -0.2) is 35.5 Å². The Hall–Kier alpha value is -3.32. The van der Waals surface area contributed by atoms with Crippen molar-refractivity contribution in [3.8, 4) is 5.75 Å². The van der Waals surface area contributed by atoms with Crippen molar-refractivity contribution in [2.24, 2.45) is 5.41 Å². The van der Waals surface area contributed by atoms with Gasteiger partial charge in [0.1, 0.15) is 18.5 Å². The maximum Gasteiger partial charge on any atom is 0.412 e. The number of carbonyl (C=O) groups excluding carboxylic acids is 1. The molecule has 2 aromatic rings. The highest BCUT2D eigenvalue weighted by molar-refractivity contribution is 5.85. The summed E-state index contributed by atoms with van der Waals surface area (Å²) < 4.78 is 11.4. The Balaban J connectivity index is 2.35. The van der Waals surface area contributed by atoms with Crippen LogP contribution in [0.4, 0.5) is 10.5 Å². The molecule has 0 aromatic heterocycles. The van der Waals surface area contributed by atoms with Crippen LogP contribution in [-0.2, 0) is 9.53 Å². The number of amides is 1. The van der Waals surface area contributed by atoms with E-state index in [1.165, 1.54) is 6.08 Å². The van der Waals surface area contributed by atoms with E-state index in [9.17, 15) is 9.59 Å². The molecule has 3 N–H and O–H groups in total. The van der Waals surface area contributed by atoms with Crippen molar-refractivity contribution in [2.45, 2.75) is 26.9 Å². The maximum atomic E-state index is 12.6. The zero-order valence-corrected chi connectivity index (χ0v) is 17.3. The molecule has 0 heterocycles. The predicted molar refractivity (Wildman–Crippen MR) is 114 cm³/mol. The minimum Gasteiger partial charge on any atom is -0.491 e. The number of ether oxygens (including phenoxy) is 2. The van der Waals surface area contributed by atoms with Crippen molar-refractivity contribution < 1.29 is 29.3 Å². The van der Waals surface area contributed by atoms with Crippen LogP contribution in [0.5, 0.6) is 5.75 Å². The van der Waals surface area contributed by atoms with Gasteiger partial charge >= 0.3 is 12.1 Å². The summed E-state index contributed by atoms with van der Waals surface area (Å²) in [4.78, 5) is 23.7. The van der Waals surface area contributed by atoms with Gasteiger partial charge in [0.05, 0.1) is 6.61 Å². The molecule has 0 spiro atoms. The van der Waals surface area contributed by atoms with Crippen molar-refractivity contribution >= 4 is 17.7 Å². The standard InChI is InChI=1S/C23H27NO6/c1-16-8-10-17(11-9-16)24-22(28)30-21(23(2,3)13-12-20(26)27)18-6-4-5-7-19(18)29-15-14-25/h4-13,21,25H,14-15H2,1-3H3,(H,24,28)(H,26,27)/b13-12+/t21-/m1/s1. The molecule has 0 aliphatic carbocycles. The van der Waals surface area contributed by atoms with E-state index >= 15 is 0 Å². The van der Waals surface area contributed by atoms with Crippen molar-refractivity contribution in [3.63, 3.8) is 0 Å². The molecule has 1 atom stereocenters. The highest BCUT2D eigenvalue weighted by Crippen LogP contribution is 2.42. The Morgan fingerprint density at radius 2 is 1.80 bits per heavy atom. The average Bonchev–Trinajstić information content (AvgIpc) is 2.71. The lowest BCUT2D eigenvalue weighted by Gasteiger charge is -2.32. The molecule has 0 aliphatic rings. The first-order valence-corrected chi connectivity index (χ1v) is 9.52. The third-order valence-electron chi connectivity index (χ3n) is 4.40. The second-order valence-corrected chi connectivity index (χ2v) is 7.38. The molecule has 0 saturated carbocycles. The summed E-state index contributed by atoms with van der Waals surface area (Å²) in [7, 11) is 0. The summed E-state index contributed by atoms with van der Waals surface area (Å²) in [5.41, 5.74) is 1.32. The summed E-state index contributed by atoms with van der Waals surface area (Å²) in [5.74, 6) is -0.660. The lowest BCUT2D eigenvalue weighted by Crippen LogP contribution is -2.28. The van der Waals surface area contributed by atoms with E-state index in [-0.39, 0.29) is 13.2 Å². The number of aliphatic carboxylic acids is 1. The first kappa shape index (κ1) is 23.0. The number of aliphatic hydroxyl groups excluding tert-OH is 1. The van der Waals surface area contributed by atoms with Gasteiger partial charge in [-0.3, -0.25) is 5.32 Å². The zero-order valence-electron chi connectivity index (χ0n) is 17.3. The Morgan fingerprint density at radius 3 is 2.43 bits per heavy atom. The number of hydrogen-bond acceptors (Lipinski definition) is 5. The van der Waals surface area contributed by atoms with Gasteiger partial charge < -0.3 is 19.7 Å². The minimum atomic E-state index is -1.10. The van der Waals surface area contributed by atoms with Crippen LogP contribution in [0.15, 0.2) is 60.7 Å². The average molecular weight is 413 g/mol. The number of aliphatic hydroxyl groups is 1. The van der Waals surface area contributed by atoms with E-state index in [1.54, 1.807) is 50.2 Å². The molecular weight excluding hydrogens is 386 g/mol. The van der Waals surface area contributed by atoms with Gasteiger partial charge in [-0.2, -0.15) is 0 Å². The molecule has 2 aromatic carbocycles. The van der Waals surface area contributed by atoms with Crippen LogP contribution in [0.2, 0.25) is 0 Å². The third kappa shape index (κ3) is 6.63. The fourth-order valence-electron chi connectivity index (χ4n) is 2.87. The van der Waals surface area contributed by atoms with Crippen molar-refractivity contribution in [1.82, 2.24) is 0 Å². The summed E-state index contributed by atoms with van der Waals surface area (Å²) in [6.07, 6.45) is 0.957. The number of benzene rings is 2. The second-order valence-electron chi connectivity index (χ2n) is 7.38. The van der Waals surface area contributed by atoms with Gasteiger partial charge in [0.15, 0.2) is 0 Å². The largest absolute Gasteiger partial charge is 0.491 e. The van der Waals surface area contributed by atoms with Gasteiger partial charge in [0, 0.05) is 22.7 Å². The van der Waals surface area contributed by atoms with Gasteiger partial charge in [-0.05, 0) is 25.1 Å². The number of carboxylic acid groups (broad SMARTS) is 1. The quantitative estimate of drug-likeness (QED) is 0.529. The Kier molecular flexibility index (Phi) is 8.00. The summed E-state index contributed by atoms with van der Waals surface area (Å²) in [6.45, 7) is 5.37. The summed E-state index contributed by atoms with van der Waals surface area (Å²) in [6, 6.07) is 14.2. The number of hydrogen-bond donors (Lipinski definition) is 3. The van der Waals surface area contributed by atoms with E-state index in [2.05, 4.69) is 5.32 Å². The van der Waals surface area contributed by atoms with Gasteiger partial charge in [0.25, 0.3) is 0 Å². The summed E-state index contributed by atoms with van der Waals surface area (Å²) >= 11 is 0. The molecule has 2 rings (SSSR count). The van der Waals surface area contributed by atoms with Crippen molar-refractivity contribution in [2.75, 3.05) is 18.5 Å². The highest BCUT2D eigenvalue weighted by Gasteiger charge is 2.34. The first-order chi connectivity index (χ1) is 14.2. The summed E-state index contributed by atoms with van der Waals surface area (Å²) in [5, 5.41) is 20.8. The Labute approximate surface area is 176 Å². The lowest BCUT2D eigenvalue weighted by atomic mass is 9.81. The molecule has 0 saturated heterocycles. The van der Waals surface area contributed by atoms with E-state index in [0.717, 1.165) is 11.6 Å². The fraction of sp³-hybridized carbons (Fsp3) is 0.304. The molecule has 160 valence electrons. The normalized spacial score (nSPS) is 12.4. The Bertz CT molecular complexity index is 889. The number of carboxylic acids is 1. The van der Waals surface area contributed by atoms with Crippen molar-refractivity contribution in [3.05, 3.63) is 71.8 Å². The molecule has 30 heavy (non-hydrogen) atoms. The molecule has 0 aliphatic heterocycles. The van der Waals surface area contributed by atoms with E-state index in [4.69, 9.17) is 19.7 Å². The third-order valence-corrected chi connectivity index (χ3v) is 4.40. The molecule has 0 bridgehead atoms. The fourth-order valence-corrected chi connectivity index (χ4v) is 2.87. The van der Waals surface area contributed by atoms with Gasteiger partial charge in [-0.25, -0.2) is 9.59 Å². The van der Waals surface area contributed by atoms with Gasteiger partial charge in [-0.1, -0.05) is 55.8 Å². The van der Waals surface area contributed by atoms with Crippen LogP contribution >= 0.6 is 0 Å². The van der Waals surface area contributed by atoms with Crippen LogP contribution in [0.1, 0.15) is 31.1 Å². The molecule has 7 heteroatoms.